The Morgan fingerprint density at radius 1 is 1.02 bits per heavy atom. The van der Waals surface area contributed by atoms with Crippen molar-refractivity contribution in [2.75, 3.05) is 52.1 Å². The van der Waals surface area contributed by atoms with Crippen molar-refractivity contribution in [3.8, 4) is 0 Å². The average molecular weight is 597 g/mol. The van der Waals surface area contributed by atoms with Crippen LogP contribution in [0.3, 0.4) is 0 Å². The third-order valence-corrected chi connectivity index (χ3v) is 11.0. The molecule has 2 unspecified atom stereocenters. The smallest absolute Gasteiger partial charge is 0.227 e. The van der Waals surface area contributed by atoms with Gasteiger partial charge in [0.2, 0.25) is 15.9 Å². The molecule has 1 saturated carbocycles. The number of likely N-dealkylation sites (tertiary alicyclic amines) is 1. The first-order valence-electron chi connectivity index (χ1n) is 15.4. The number of nitrogens with zero attached hydrogens (tertiary/aromatic N) is 4. The van der Waals surface area contributed by atoms with E-state index < -0.39 is 27.6 Å². The second kappa shape index (κ2) is 12.9. The molecule has 7 nitrogen and oxygen atoms in total. The highest BCUT2D eigenvalue weighted by molar-refractivity contribution is 7.88. The fourth-order valence-electron chi connectivity index (χ4n) is 7.22. The van der Waals surface area contributed by atoms with Crippen LogP contribution in [-0.4, -0.2) is 103 Å². The zero-order valence-electron chi connectivity index (χ0n) is 25.8. The second-order valence-corrected chi connectivity index (χ2v) is 15.6. The minimum atomic E-state index is -3.34. The van der Waals surface area contributed by atoms with Crippen LogP contribution in [0.4, 0.5) is 8.78 Å². The van der Waals surface area contributed by atoms with Gasteiger partial charge in [0.15, 0.2) is 0 Å². The van der Waals surface area contributed by atoms with Gasteiger partial charge < -0.3 is 4.90 Å². The number of halogens is 2. The van der Waals surface area contributed by atoms with Gasteiger partial charge in [-0.3, -0.25) is 14.6 Å². The fourth-order valence-corrected chi connectivity index (χ4v) is 8.41. The number of hydrogen-bond donors (Lipinski definition) is 0. The third-order valence-electron chi connectivity index (χ3n) is 9.61. The first-order chi connectivity index (χ1) is 19.2. The highest BCUT2D eigenvalue weighted by Crippen LogP contribution is 2.39. The van der Waals surface area contributed by atoms with Gasteiger partial charge >= 0.3 is 0 Å². The van der Waals surface area contributed by atoms with Crippen LogP contribution in [0.2, 0.25) is 0 Å². The van der Waals surface area contributed by atoms with Crippen molar-refractivity contribution in [3.63, 3.8) is 0 Å². The van der Waals surface area contributed by atoms with E-state index in [9.17, 15) is 22.0 Å². The molecule has 1 aliphatic carbocycles. The van der Waals surface area contributed by atoms with Crippen LogP contribution in [-0.2, 0) is 14.8 Å². The summed E-state index contributed by atoms with van der Waals surface area (Å²) in [5, 5.41) is 0. The number of rotatable bonds is 8. The van der Waals surface area contributed by atoms with Crippen LogP contribution in [0.5, 0.6) is 0 Å². The van der Waals surface area contributed by atoms with Gasteiger partial charge in [0.1, 0.15) is 11.6 Å². The molecule has 41 heavy (non-hydrogen) atoms. The molecule has 3 fully saturated rings. The quantitative estimate of drug-likeness (QED) is 0.441. The third kappa shape index (κ3) is 7.67. The van der Waals surface area contributed by atoms with Gasteiger partial charge in [0, 0.05) is 75.4 Å². The molecule has 10 heteroatoms. The van der Waals surface area contributed by atoms with Crippen LogP contribution >= 0.6 is 0 Å². The molecule has 4 rings (SSSR count). The lowest BCUT2D eigenvalue weighted by Gasteiger charge is -2.45. The lowest BCUT2D eigenvalue weighted by molar-refractivity contribution is -0.138. The molecule has 3 aliphatic rings. The predicted octanol–water partition coefficient (Wildman–Crippen LogP) is 4.54. The van der Waals surface area contributed by atoms with E-state index in [1.807, 2.05) is 18.7 Å². The lowest BCUT2D eigenvalue weighted by Crippen LogP contribution is -2.58. The van der Waals surface area contributed by atoms with Crippen LogP contribution in [0.1, 0.15) is 78.2 Å². The van der Waals surface area contributed by atoms with Crippen molar-refractivity contribution in [1.82, 2.24) is 19.0 Å². The van der Waals surface area contributed by atoms with E-state index in [1.165, 1.54) is 37.7 Å². The zero-order chi connectivity index (χ0) is 30.1. The number of piperazine rings is 1. The Kier molecular flexibility index (Phi) is 10.2. The average Bonchev–Trinajstić information content (AvgIpc) is 3.34. The molecule has 2 heterocycles. The standard InChI is InChI=1S/C31H50F2N4O3S/c1-22(2)37(41(6,39)40)21-29(23-10-8-7-9-11-23)34-14-16-35(17-15-34)30(38)27-20-36(31(3,4)5)19-26(27)25-13-12-24(32)18-28(25)33/h12-13,18,22-23,26-27,29H,7-11,14-17,19-21H2,1-6H3/t26-,27?,29?/m0/s1. The van der Waals surface area contributed by atoms with Gasteiger partial charge in [0.25, 0.3) is 0 Å². The summed E-state index contributed by atoms with van der Waals surface area (Å²) < 4.78 is 55.6. The van der Waals surface area contributed by atoms with Gasteiger partial charge in [-0.25, -0.2) is 17.2 Å². The molecule has 1 aromatic rings. The fraction of sp³-hybridized carbons (Fsp3) is 0.774. The summed E-state index contributed by atoms with van der Waals surface area (Å²) >= 11 is 0. The maximum atomic E-state index is 14.9. The Morgan fingerprint density at radius 3 is 2.20 bits per heavy atom. The Morgan fingerprint density at radius 2 is 1.66 bits per heavy atom. The number of carbonyl (C=O) groups excluding carboxylic acids is 1. The molecule has 0 radical (unpaired) electrons. The van der Waals surface area contributed by atoms with Crippen LogP contribution in [0.25, 0.3) is 0 Å². The van der Waals surface area contributed by atoms with E-state index in [-0.39, 0.29) is 29.4 Å². The molecule has 232 valence electrons. The highest BCUT2D eigenvalue weighted by atomic mass is 32.2. The highest BCUT2D eigenvalue weighted by Gasteiger charge is 2.45. The van der Waals surface area contributed by atoms with Crippen molar-refractivity contribution in [1.29, 1.82) is 0 Å². The molecule has 3 atom stereocenters. The second-order valence-electron chi connectivity index (χ2n) is 13.7. The molecular formula is C31H50F2N4O3S. The molecular weight excluding hydrogens is 546 g/mol. The Labute approximate surface area is 246 Å². The topological polar surface area (TPSA) is 64.2 Å². The van der Waals surface area contributed by atoms with Crippen molar-refractivity contribution < 1.29 is 22.0 Å². The summed E-state index contributed by atoms with van der Waals surface area (Å²) in [4.78, 5) is 20.6. The number of carbonyl (C=O) groups is 1. The van der Waals surface area contributed by atoms with Gasteiger partial charge in [-0.05, 0) is 65.0 Å². The summed E-state index contributed by atoms with van der Waals surface area (Å²) in [5.41, 5.74) is 0.222. The summed E-state index contributed by atoms with van der Waals surface area (Å²) in [7, 11) is -3.34. The number of benzene rings is 1. The SMILES string of the molecule is CC(C)N(CC(C1CCCCC1)N1CCN(C(=O)C2CN(C(C)(C)C)C[C@H]2c2ccc(F)cc2F)CC1)S(C)(=O)=O. The Bertz CT molecular complexity index is 1160. The predicted molar refractivity (Wildman–Crippen MR) is 159 cm³/mol. The first-order valence-corrected chi connectivity index (χ1v) is 17.2. The van der Waals surface area contributed by atoms with E-state index in [1.54, 1.807) is 4.31 Å². The minimum Gasteiger partial charge on any atom is -0.340 e. The van der Waals surface area contributed by atoms with E-state index >= 15 is 0 Å². The molecule has 0 spiro atoms. The van der Waals surface area contributed by atoms with Crippen LogP contribution in [0.15, 0.2) is 18.2 Å². The first kappa shape index (κ1) is 32.3. The molecule has 1 aromatic carbocycles. The lowest BCUT2D eigenvalue weighted by atomic mass is 9.82. The molecule has 0 N–H and O–H groups in total. The summed E-state index contributed by atoms with van der Waals surface area (Å²) in [6.07, 6.45) is 7.09. The number of sulfonamides is 1. The zero-order valence-corrected chi connectivity index (χ0v) is 26.6. The molecule has 2 aliphatic heterocycles. The van der Waals surface area contributed by atoms with E-state index in [0.717, 1.165) is 18.9 Å². The van der Waals surface area contributed by atoms with Crippen molar-refractivity contribution >= 4 is 15.9 Å². The van der Waals surface area contributed by atoms with E-state index in [4.69, 9.17) is 0 Å². The normalized spacial score (nSPS) is 24.9. The van der Waals surface area contributed by atoms with E-state index in [0.29, 0.717) is 57.3 Å². The van der Waals surface area contributed by atoms with Crippen molar-refractivity contribution in [2.24, 2.45) is 11.8 Å². The monoisotopic (exact) mass is 596 g/mol. The molecule has 0 bridgehead atoms. The minimum absolute atomic E-state index is 0.0271. The number of amides is 1. The largest absolute Gasteiger partial charge is 0.340 e. The Hall–Kier alpha value is -1.62. The Balaban J connectivity index is 1.50. The van der Waals surface area contributed by atoms with Crippen LogP contribution < -0.4 is 0 Å². The molecule has 2 saturated heterocycles. The maximum absolute atomic E-state index is 14.9. The maximum Gasteiger partial charge on any atom is 0.227 e. The van der Waals surface area contributed by atoms with Gasteiger partial charge in [-0.2, -0.15) is 4.31 Å². The molecule has 1 amide bonds. The number of hydrogen-bond acceptors (Lipinski definition) is 5. The van der Waals surface area contributed by atoms with Crippen LogP contribution in [0, 0.1) is 23.5 Å². The summed E-state index contributed by atoms with van der Waals surface area (Å²) in [6, 6.07) is 3.69. The van der Waals surface area contributed by atoms with Gasteiger partial charge in [-0.1, -0.05) is 25.3 Å². The van der Waals surface area contributed by atoms with Crippen molar-refractivity contribution in [3.05, 3.63) is 35.4 Å². The van der Waals surface area contributed by atoms with Gasteiger partial charge in [-0.15, -0.1) is 0 Å². The molecule has 0 aromatic heterocycles. The van der Waals surface area contributed by atoms with E-state index in [2.05, 4.69) is 30.6 Å². The summed E-state index contributed by atoms with van der Waals surface area (Å²) in [6.45, 7) is 14.2. The van der Waals surface area contributed by atoms with Gasteiger partial charge in [0.05, 0.1) is 12.2 Å². The van der Waals surface area contributed by atoms with Crippen molar-refractivity contribution in [2.45, 2.75) is 90.3 Å². The summed E-state index contributed by atoms with van der Waals surface area (Å²) in [5.74, 6) is -1.49.